The number of esters is 1. The van der Waals surface area contributed by atoms with Crippen LogP contribution in [0.4, 0.5) is 5.82 Å². The second kappa shape index (κ2) is 7.26. The minimum atomic E-state index is -0.586. The van der Waals surface area contributed by atoms with E-state index >= 15 is 0 Å². The van der Waals surface area contributed by atoms with Crippen LogP contribution in [0.3, 0.4) is 0 Å². The van der Waals surface area contributed by atoms with Gasteiger partial charge in [-0.3, -0.25) is 23.5 Å². The number of hydrogen-bond donors (Lipinski definition) is 1. The normalized spacial score (nSPS) is 15.2. The van der Waals surface area contributed by atoms with Crippen molar-refractivity contribution in [2.24, 2.45) is 20.0 Å². The number of anilines is 1. The zero-order valence-electron chi connectivity index (χ0n) is 13.3. The van der Waals surface area contributed by atoms with Gasteiger partial charge >= 0.3 is 11.7 Å². The van der Waals surface area contributed by atoms with Gasteiger partial charge in [0.2, 0.25) is 0 Å². The van der Waals surface area contributed by atoms with Crippen molar-refractivity contribution in [1.82, 2.24) is 9.13 Å². The second-order valence-corrected chi connectivity index (χ2v) is 5.76. The summed E-state index contributed by atoms with van der Waals surface area (Å²) in [5.41, 5.74) is -1.07. The third kappa shape index (κ3) is 4.08. The Morgan fingerprint density at radius 3 is 2.48 bits per heavy atom. The smallest absolute Gasteiger partial charge is 0.332 e. The van der Waals surface area contributed by atoms with Crippen LogP contribution in [0.5, 0.6) is 0 Å². The van der Waals surface area contributed by atoms with Crippen molar-refractivity contribution in [2.45, 2.75) is 32.1 Å². The molecule has 2 rings (SSSR count). The molecule has 1 aliphatic rings. The minimum Gasteiger partial charge on any atom is -0.455 e. The molecular formula is C15H21N3O5. The maximum atomic E-state index is 11.9. The number of nitrogens with one attached hydrogen (secondary N) is 1. The van der Waals surface area contributed by atoms with Crippen LogP contribution >= 0.6 is 0 Å². The summed E-state index contributed by atoms with van der Waals surface area (Å²) in [5, 5.41) is 2.41. The highest BCUT2D eigenvalue weighted by molar-refractivity contribution is 5.92. The van der Waals surface area contributed by atoms with Crippen molar-refractivity contribution in [2.75, 3.05) is 11.9 Å². The maximum absolute atomic E-state index is 11.9. The Balaban J connectivity index is 1.94. The average Bonchev–Trinajstić information content (AvgIpc) is 2.56. The fraction of sp³-hybridized carbons (Fsp3) is 0.600. The van der Waals surface area contributed by atoms with Gasteiger partial charge in [-0.1, -0.05) is 19.3 Å². The Morgan fingerprint density at radius 2 is 1.83 bits per heavy atom. The van der Waals surface area contributed by atoms with Crippen LogP contribution in [0, 0.1) is 5.92 Å². The van der Waals surface area contributed by atoms with Gasteiger partial charge in [0.15, 0.2) is 6.61 Å². The number of carbonyl (C=O) groups excluding carboxylic acids is 2. The first-order valence-corrected chi connectivity index (χ1v) is 7.63. The van der Waals surface area contributed by atoms with Crippen molar-refractivity contribution in [3.8, 4) is 0 Å². The molecular weight excluding hydrogens is 302 g/mol. The molecule has 0 bridgehead atoms. The van der Waals surface area contributed by atoms with Gasteiger partial charge in [0.25, 0.3) is 11.5 Å². The van der Waals surface area contributed by atoms with Crippen LogP contribution in [0.15, 0.2) is 15.7 Å². The first-order chi connectivity index (χ1) is 10.9. The molecule has 1 saturated carbocycles. The molecule has 0 radical (unpaired) electrons. The molecule has 0 atom stereocenters. The van der Waals surface area contributed by atoms with E-state index in [-0.39, 0.29) is 17.7 Å². The molecule has 0 unspecified atom stereocenters. The van der Waals surface area contributed by atoms with Gasteiger partial charge in [0.1, 0.15) is 5.82 Å². The summed E-state index contributed by atoms with van der Waals surface area (Å²) in [4.78, 5) is 47.0. The zero-order valence-corrected chi connectivity index (χ0v) is 13.3. The van der Waals surface area contributed by atoms with Crippen LogP contribution in [0.2, 0.25) is 0 Å². The molecule has 0 saturated heterocycles. The van der Waals surface area contributed by atoms with Gasteiger partial charge in [-0.15, -0.1) is 0 Å². The second-order valence-electron chi connectivity index (χ2n) is 5.76. The van der Waals surface area contributed by atoms with Crippen LogP contribution < -0.4 is 16.6 Å². The number of rotatable bonds is 4. The van der Waals surface area contributed by atoms with Crippen molar-refractivity contribution < 1.29 is 14.3 Å². The van der Waals surface area contributed by atoms with E-state index in [4.69, 9.17) is 4.74 Å². The Hall–Kier alpha value is -2.38. The predicted molar refractivity (Wildman–Crippen MR) is 83.1 cm³/mol. The zero-order chi connectivity index (χ0) is 17.0. The molecule has 0 spiro atoms. The Bertz CT molecular complexity index is 713. The van der Waals surface area contributed by atoms with Crippen molar-refractivity contribution in [3.63, 3.8) is 0 Å². The summed E-state index contributed by atoms with van der Waals surface area (Å²) in [5.74, 6) is -1.02. The van der Waals surface area contributed by atoms with Crippen molar-refractivity contribution in [1.29, 1.82) is 0 Å². The SMILES string of the molecule is Cn1c(NC(=O)COC(=O)C2CCCCC2)cc(=O)n(C)c1=O. The number of aromatic nitrogens is 2. The third-order valence-corrected chi connectivity index (χ3v) is 4.08. The summed E-state index contributed by atoms with van der Waals surface area (Å²) in [6.45, 7) is -0.432. The Labute approximate surface area is 133 Å². The molecule has 1 heterocycles. The van der Waals surface area contributed by atoms with Gasteiger partial charge in [-0.25, -0.2) is 4.79 Å². The topological polar surface area (TPSA) is 99.4 Å². The molecule has 0 aliphatic heterocycles. The lowest BCUT2D eigenvalue weighted by molar-refractivity contribution is -0.152. The maximum Gasteiger partial charge on any atom is 0.332 e. The minimum absolute atomic E-state index is 0.0665. The molecule has 1 N–H and O–H groups in total. The number of nitrogens with zero attached hydrogens (tertiary/aromatic N) is 2. The molecule has 1 aliphatic carbocycles. The largest absolute Gasteiger partial charge is 0.455 e. The van der Waals surface area contributed by atoms with Gasteiger partial charge in [-0.05, 0) is 12.8 Å². The molecule has 8 heteroatoms. The van der Waals surface area contributed by atoms with E-state index in [1.165, 1.54) is 14.1 Å². The van der Waals surface area contributed by atoms with Crippen LogP contribution in [0.1, 0.15) is 32.1 Å². The fourth-order valence-electron chi connectivity index (χ4n) is 2.62. The van der Waals surface area contributed by atoms with Gasteiger partial charge in [0.05, 0.1) is 5.92 Å². The van der Waals surface area contributed by atoms with E-state index in [0.717, 1.165) is 47.3 Å². The van der Waals surface area contributed by atoms with E-state index in [2.05, 4.69) is 5.32 Å². The lowest BCUT2D eigenvalue weighted by Crippen LogP contribution is -2.38. The fourth-order valence-corrected chi connectivity index (χ4v) is 2.62. The molecule has 23 heavy (non-hydrogen) atoms. The van der Waals surface area contributed by atoms with E-state index in [9.17, 15) is 19.2 Å². The summed E-state index contributed by atoms with van der Waals surface area (Å²) in [6, 6.07) is 1.14. The lowest BCUT2D eigenvalue weighted by atomic mass is 9.89. The summed E-state index contributed by atoms with van der Waals surface area (Å²) in [6.07, 6.45) is 4.72. The van der Waals surface area contributed by atoms with Crippen LogP contribution in [0.25, 0.3) is 0 Å². The summed E-state index contributed by atoms with van der Waals surface area (Å²) >= 11 is 0. The van der Waals surface area contributed by atoms with E-state index in [0.29, 0.717) is 0 Å². The number of ether oxygens (including phenoxy) is 1. The highest BCUT2D eigenvalue weighted by Crippen LogP contribution is 2.24. The Morgan fingerprint density at radius 1 is 1.17 bits per heavy atom. The number of hydrogen-bond acceptors (Lipinski definition) is 5. The van der Waals surface area contributed by atoms with Gasteiger partial charge < -0.3 is 10.1 Å². The highest BCUT2D eigenvalue weighted by Gasteiger charge is 2.23. The third-order valence-electron chi connectivity index (χ3n) is 4.08. The Kier molecular flexibility index (Phi) is 5.36. The lowest BCUT2D eigenvalue weighted by Gasteiger charge is -2.19. The molecule has 126 valence electrons. The average molecular weight is 323 g/mol. The first-order valence-electron chi connectivity index (χ1n) is 7.63. The molecule has 1 amide bonds. The molecule has 1 aromatic rings. The summed E-state index contributed by atoms with van der Waals surface area (Å²) in [7, 11) is 2.79. The predicted octanol–water partition coefficient (Wildman–Crippen LogP) is 0.146. The van der Waals surface area contributed by atoms with Crippen molar-refractivity contribution in [3.05, 3.63) is 26.9 Å². The van der Waals surface area contributed by atoms with E-state index < -0.39 is 23.8 Å². The van der Waals surface area contributed by atoms with Gasteiger partial charge in [0, 0.05) is 20.2 Å². The van der Waals surface area contributed by atoms with E-state index in [1.54, 1.807) is 0 Å². The first kappa shape index (κ1) is 17.0. The van der Waals surface area contributed by atoms with Crippen LogP contribution in [-0.2, 0) is 28.4 Å². The number of amides is 1. The molecule has 0 aromatic carbocycles. The quantitative estimate of drug-likeness (QED) is 0.795. The summed E-state index contributed by atoms with van der Waals surface area (Å²) < 4.78 is 7.09. The standard InChI is InChI=1S/C15H21N3O5/c1-17-11(8-13(20)18(2)15(17)22)16-12(19)9-23-14(21)10-6-4-3-5-7-10/h8,10H,3-7,9H2,1-2H3,(H,16,19). The van der Waals surface area contributed by atoms with Gasteiger partial charge in [-0.2, -0.15) is 0 Å². The number of carbonyl (C=O) groups is 2. The van der Waals surface area contributed by atoms with Crippen molar-refractivity contribution >= 4 is 17.7 Å². The highest BCUT2D eigenvalue weighted by atomic mass is 16.5. The molecule has 1 fully saturated rings. The molecule has 1 aromatic heterocycles. The molecule has 8 nitrogen and oxygen atoms in total. The van der Waals surface area contributed by atoms with E-state index in [1.807, 2.05) is 0 Å². The monoisotopic (exact) mass is 323 g/mol. The van der Waals surface area contributed by atoms with Crippen LogP contribution in [-0.4, -0.2) is 27.6 Å².